The number of aromatic amines is 1. The summed E-state index contributed by atoms with van der Waals surface area (Å²) in [6.45, 7) is 2.22. The highest BCUT2D eigenvalue weighted by atomic mass is 35.5. The van der Waals surface area contributed by atoms with Gasteiger partial charge in [0.1, 0.15) is 12.1 Å². The van der Waals surface area contributed by atoms with E-state index in [1.807, 2.05) is 73.7 Å². The second kappa shape index (κ2) is 10.2. The van der Waals surface area contributed by atoms with Crippen LogP contribution in [0, 0.1) is 6.92 Å². The molecule has 1 aromatic heterocycles. The van der Waals surface area contributed by atoms with Crippen molar-refractivity contribution in [2.45, 2.75) is 32.0 Å². The first-order valence-electron chi connectivity index (χ1n) is 13.9. The molecule has 0 unspecified atom stereocenters. The summed E-state index contributed by atoms with van der Waals surface area (Å²) in [4.78, 5) is 48.4. The molecule has 2 N–H and O–H groups in total. The summed E-state index contributed by atoms with van der Waals surface area (Å²) in [5, 5.41) is 4.49. The Morgan fingerprint density at radius 1 is 0.929 bits per heavy atom. The lowest BCUT2D eigenvalue weighted by Gasteiger charge is -2.36. The number of hydrogen-bond acceptors (Lipinski definition) is 3. The van der Waals surface area contributed by atoms with E-state index in [0.29, 0.717) is 11.4 Å². The molecule has 8 heteroatoms. The van der Waals surface area contributed by atoms with Crippen molar-refractivity contribution < 1.29 is 14.4 Å². The van der Waals surface area contributed by atoms with Crippen molar-refractivity contribution in [3.05, 3.63) is 136 Å². The first kappa shape index (κ1) is 26.0. The minimum Gasteiger partial charge on any atom is -0.356 e. The normalized spacial score (nSPS) is 17.9. The number of nitrogens with zero attached hydrogens (tertiary/aromatic N) is 2. The summed E-state index contributed by atoms with van der Waals surface area (Å²) in [6, 6.07) is 28.3. The van der Waals surface area contributed by atoms with Crippen molar-refractivity contribution in [1.29, 1.82) is 0 Å². The van der Waals surface area contributed by atoms with Crippen molar-refractivity contribution >= 4 is 46.0 Å². The third-order valence-electron chi connectivity index (χ3n) is 8.32. The molecule has 208 valence electrons. The number of carbonyl (C=O) groups excluding carboxylic acids is 3. The lowest BCUT2D eigenvalue weighted by Crippen LogP contribution is -2.44. The molecule has 3 heterocycles. The Balaban J connectivity index is 1.29. The van der Waals surface area contributed by atoms with E-state index < -0.39 is 24.0 Å². The number of fused-ring (bicyclic) bond motifs is 4. The molecule has 4 amide bonds. The van der Waals surface area contributed by atoms with E-state index in [-0.39, 0.29) is 23.7 Å². The Morgan fingerprint density at radius 2 is 1.64 bits per heavy atom. The fourth-order valence-electron chi connectivity index (χ4n) is 6.29. The summed E-state index contributed by atoms with van der Waals surface area (Å²) < 4.78 is 0. The van der Waals surface area contributed by atoms with Gasteiger partial charge in [0.2, 0.25) is 0 Å². The van der Waals surface area contributed by atoms with Gasteiger partial charge in [0.15, 0.2) is 0 Å². The number of amides is 4. The number of carbonyl (C=O) groups is 3. The number of anilines is 1. The maximum Gasteiger partial charge on any atom is 0.332 e. The van der Waals surface area contributed by atoms with Gasteiger partial charge in [-0.25, -0.2) is 9.69 Å². The lowest BCUT2D eigenvalue weighted by molar-refractivity contribution is -0.120. The minimum absolute atomic E-state index is 0.209. The molecule has 2 aliphatic rings. The van der Waals surface area contributed by atoms with Gasteiger partial charge in [0, 0.05) is 34.6 Å². The number of aryl methyl sites for hydroxylation is 1. The van der Waals surface area contributed by atoms with Crippen molar-refractivity contribution in [3.63, 3.8) is 0 Å². The van der Waals surface area contributed by atoms with Crippen LogP contribution in [0.15, 0.2) is 97.1 Å². The Kier molecular flexibility index (Phi) is 6.32. The molecule has 7 rings (SSSR count). The maximum atomic E-state index is 14.3. The summed E-state index contributed by atoms with van der Waals surface area (Å²) in [6.07, 6.45) is 0.379. The molecule has 0 aliphatic carbocycles. The number of halogens is 1. The number of urea groups is 1. The Morgan fingerprint density at radius 3 is 2.48 bits per heavy atom. The molecule has 4 aromatic carbocycles. The highest BCUT2D eigenvalue weighted by Crippen LogP contribution is 2.45. The van der Waals surface area contributed by atoms with Crippen molar-refractivity contribution in [2.75, 3.05) is 4.90 Å². The van der Waals surface area contributed by atoms with Crippen LogP contribution in [-0.4, -0.2) is 33.8 Å². The third kappa shape index (κ3) is 4.08. The number of rotatable bonds is 5. The second-order valence-corrected chi connectivity index (χ2v) is 11.1. The van der Waals surface area contributed by atoms with Gasteiger partial charge in [-0.15, -0.1) is 0 Å². The number of nitrogens with one attached hydrogen (secondary N) is 2. The van der Waals surface area contributed by atoms with Gasteiger partial charge in [-0.1, -0.05) is 84.4 Å². The van der Waals surface area contributed by atoms with E-state index in [0.717, 1.165) is 38.9 Å². The smallest absolute Gasteiger partial charge is 0.332 e. The van der Waals surface area contributed by atoms with E-state index in [9.17, 15) is 14.4 Å². The number of imide groups is 1. The van der Waals surface area contributed by atoms with E-state index in [4.69, 9.17) is 11.6 Å². The van der Waals surface area contributed by atoms with Gasteiger partial charge in [0.05, 0.1) is 11.3 Å². The zero-order valence-electron chi connectivity index (χ0n) is 22.8. The van der Waals surface area contributed by atoms with E-state index in [1.165, 1.54) is 4.90 Å². The summed E-state index contributed by atoms with van der Waals surface area (Å²) in [7, 11) is 0. The topological polar surface area (TPSA) is 85.5 Å². The van der Waals surface area contributed by atoms with Crippen LogP contribution in [0.1, 0.15) is 44.3 Å². The number of para-hydroxylation sites is 2. The van der Waals surface area contributed by atoms with Crippen LogP contribution in [0.4, 0.5) is 10.5 Å². The monoisotopic (exact) mass is 574 g/mol. The van der Waals surface area contributed by atoms with Gasteiger partial charge in [-0.2, -0.15) is 0 Å². The van der Waals surface area contributed by atoms with Crippen LogP contribution in [0.25, 0.3) is 10.9 Å². The summed E-state index contributed by atoms with van der Waals surface area (Å²) in [5.41, 5.74) is 6.15. The first-order chi connectivity index (χ1) is 20.4. The molecule has 0 spiro atoms. The van der Waals surface area contributed by atoms with Crippen LogP contribution in [0.3, 0.4) is 0 Å². The van der Waals surface area contributed by atoms with E-state index in [2.05, 4.69) is 10.3 Å². The standard InChI is InChI=1S/C34H27ClN4O3/c1-20-10-2-4-12-22(20)31-30-25(23-13-5-8-16-27(23)37-30)18-29-33(41)39(34(42)38(29)31)28-17-9-6-14-24(28)32(40)36-19-21-11-3-7-15-26(21)35/h2-17,29,31,37H,18-19H2,1H3,(H,36,40)/t29-,31+/m0/s1. The van der Waals surface area contributed by atoms with Crippen molar-refractivity contribution in [2.24, 2.45) is 0 Å². The molecule has 2 atom stereocenters. The van der Waals surface area contributed by atoms with Gasteiger partial charge in [-0.3, -0.25) is 14.5 Å². The van der Waals surface area contributed by atoms with Crippen molar-refractivity contribution in [1.82, 2.24) is 15.2 Å². The average Bonchev–Trinajstić information content (AvgIpc) is 3.50. The number of H-pyrrole nitrogens is 1. The molecule has 1 fully saturated rings. The highest BCUT2D eigenvalue weighted by molar-refractivity contribution is 6.31. The minimum atomic E-state index is -0.715. The molecule has 1 saturated heterocycles. The predicted molar refractivity (Wildman–Crippen MR) is 163 cm³/mol. The first-order valence-corrected chi connectivity index (χ1v) is 14.2. The maximum absolute atomic E-state index is 14.3. The number of benzene rings is 4. The molecule has 0 bridgehead atoms. The van der Waals surface area contributed by atoms with Gasteiger partial charge in [0.25, 0.3) is 11.8 Å². The Bertz CT molecular complexity index is 1900. The van der Waals surface area contributed by atoms with Gasteiger partial charge < -0.3 is 10.3 Å². The van der Waals surface area contributed by atoms with Crippen LogP contribution in [0.5, 0.6) is 0 Å². The summed E-state index contributed by atoms with van der Waals surface area (Å²) in [5.74, 6) is -0.747. The van der Waals surface area contributed by atoms with Crippen LogP contribution >= 0.6 is 11.6 Å². The number of aromatic nitrogens is 1. The largest absolute Gasteiger partial charge is 0.356 e. The zero-order valence-corrected chi connectivity index (χ0v) is 23.6. The average molecular weight is 575 g/mol. The van der Waals surface area contributed by atoms with Crippen LogP contribution < -0.4 is 10.2 Å². The van der Waals surface area contributed by atoms with Gasteiger partial charge >= 0.3 is 6.03 Å². The highest BCUT2D eigenvalue weighted by Gasteiger charge is 2.53. The molecular formula is C34H27ClN4O3. The van der Waals surface area contributed by atoms with Crippen LogP contribution in [0.2, 0.25) is 5.02 Å². The second-order valence-electron chi connectivity index (χ2n) is 10.7. The molecule has 0 saturated carbocycles. The van der Waals surface area contributed by atoms with Crippen molar-refractivity contribution in [3.8, 4) is 0 Å². The molecule has 2 aliphatic heterocycles. The molecular weight excluding hydrogens is 548 g/mol. The fourth-order valence-corrected chi connectivity index (χ4v) is 6.49. The Labute approximate surface area is 247 Å². The Hall–Kier alpha value is -4.88. The molecule has 42 heavy (non-hydrogen) atoms. The molecule has 5 aromatic rings. The fraction of sp³-hybridized carbons (Fsp3) is 0.147. The third-order valence-corrected chi connectivity index (χ3v) is 8.69. The van der Waals surface area contributed by atoms with E-state index in [1.54, 1.807) is 35.2 Å². The van der Waals surface area contributed by atoms with E-state index >= 15 is 0 Å². The van der Waals surface area contributed by atoms with Gasteiger partial charge in [-0.05, 0) is 53.4 Å². The summed E-state index contributed by atoms with van der Waals surface area (Å²) >= 11 is 6.28. The zero-order chi connectivity index (χ0) is 29.0. The predicted octanol–water partition coefficient (Wildman–Crippen LogP) is 6.54. The molecule has 0 radical (unpaired) electrons. The SMILES string of the molecule is Cc1ccccc1[C@@H]1c2[nH]c3ccccc3c2C[C@H]2C(=O)N(c3ccccc3C(=O)NCc3ccccc3Cl)C(=O)N12. The lowest BCUT2D eigenvalue weighted by atomic mass is 9.87. The number of hydrogen-bond donors (Lipinski definition) is 2. The molecule has 7 nitrogen and oxygen atoms in total. The van der Waals surface area contributed by atoms with Crippen LogP contribution in [-0.2, 0) is 17.8 Å². The quantitative estimate of drug-likeness (QED) is 0.234.